The van der Waals surface area contributed by atoms with Gasteiger partial charge in [0.1, 0.15) is 17.3 Å². The van der Waals surface area contributed by atoms with Gasteiger partial charge in [0.05, 0.1) is 41.4 Å². The predicted molar refractivity (Wildman–Crippen MR) is 188 cm³/mol. The van der Waals surface area contributed by atoms with E-state index in [2.05, 4.69) is 67.1 Å². The number of hydrogen-bond donors (Lipinski definition) is 3. The molecule has 2 atom stereocenters. The molecule has 2 unspecified atom stereocenters. The van der Waals surface area contributed by atoms with Crippen LogP contribution >= 0.6 is 11.6 Å². The summed E-state index contributed by atoms with van der Waals surface area (Å²) in [5.41, 5.74) is 5.09. The first-order valence-electron chi connectivity index (χ1n) is 16.5. The first-order valence-corrected chi connectivity index (χ1v) is 16.9. The summed E-state index contributed by atoms with van der Waals surface area (Å²) in [6, 6.07) is 25.8. The summed E-state index contributed by atoms with van der Waals surface area (Å²) in [6.07, 6.45) is 5.31. The molecule has 246 valence electrons. The number of rotatable bonds is 13. The van der Waals surface area contributed by atoms with E-state index >= 15 is 0 Å². The van der Waals surface area contributed by atoms with Gasteiger partial charge in [0, 0.05) is 30.7 Å². The molecule has 0 saturated heterocycles. The fraction of sp³-hybridized carbons (Fsp3) is 0.385. The number of amides is 1. The molecule has 5 rings (SSSR count). The van der Waals surface area contributed by atoms with Crippen molar-refractivity contribution in [3.8, 4) is 23.1 Å². The quantitative estimate of drug-likeness (QED) is 0.135. The number of methoxy groups -OCH3 is 1. The zero-order valence-corrected chi connectivity index (χ0v) is 28.5. The highest BCUT2D eigenvalue weighted by molar-refractivity contribution is 6.34. The van der Waals surface area contributed by atoms with Crippen molar-refractivity contribution in [3.05, 3.63) is 111 Å². The first kappa shape index (κ1) is 34.3. The Kier molecular flexibility index (Phi) is 11.8. The van der Waals surface area contributed by atoms with Crippen LogP contribution < -0.4 is 20.7 Å². The number of aryl methyl sites for hydroxylation is 1. The molecule has 3 aromatic carbocycles. The van der Waals surface area contributed by atoms with E-state index in [0.717, 1.165) is 30.1 Å². The minimum absolute atomic E-state index is 0.151. The molecule has 8 heteroatoms. The summed E-state index contributed by atoms with van der Waals surface area (Å²) >= 11 is 6.68. The van der Waals surface area contributed by atoms with E-state index in [1.54, 1.807) is 19.2 Å². The summed E-state index contributed by atoms with van der Waals surface area (Å²) in [4.78, 5) is 13.8. The zero-order valence-electron chi connectivity index (χ0n) is 27.7. The van der Waals surface area contributed by atoms with Crippen molar-refractivity contribution < 1.29 is 13.9 Å². The molecule has 0 bridgehead atoms. The highest BCUT2D eigenvalue weighted by Crippen LogP contribution is 2.36. The molecule has 47 heavy (non-hydrogen) atoms. The number of carbonyl (C=O) groups is 1. The molecule has 3 N–H and O–H groups in total. The van der Waals surface area contributed by atoms with Crippen molar-refractivity contribution in [2.75, 3.05) is 13.7 Å². The van der Waals surface area contributed by atoms with E-state index in [9.17, 15) is 10.1 Å². The molecule has 1 saturated carbocycles. The molecule has 1 amide bonds. The number of furan rings is 1. The molecule has 1 fully saturated rings. The van der Waals surface area contributed by atoms with Crippen LogP contribution in [0, 0.1) is 24.2 Å². The SMILES string of the molecule is COc1cc(Cl)c(C(=O)NC(CNC2CCC(C)CC2)Cc2ccc(C#N)cc2)cc1-c1ccc(CNC(C)c2ccc(C)cc2)o1. The zero-order chi connectivity index (χ0) is 33.3. The summed E-state index contributed by atoms with van der Waals surface area (Å²) in [7, 11) is 1.58. The standard InChI is InChI=1S/C39H45ClN4O3/c1-25-5-13-30(14-6-25)27(3)42-24-33-17-18-37(47-33)35-20-34(36(40)21-38(35)46-4)39(45)44-32(19-28-9-11-29(22-41)12-10-28)23-43-31-15-7-26(2)8-16-31/h5-6,9-14,17-18,20-21,26-27,31-32,42-43H,7-8,15-16,19,23-24H2,1-4H3,(H,44,45). The number of ether oxygens (including phenoxy) is 1. The number of hydrogen-bond acceptors (Lipinski definition) is 6. The molecule has 0 aliphatic heterocycles. The number of nitrogens with zero attached hydrogens (tertiary/aromatic N) is 1. The third-order valence-electron chi connectivity index (χ3n) is 9.19. The summed E-state index contributed by atoms with van der Waals surface area (Å²) in [6.45, 7) is 7.69. The van der Waals surface area contributed by atoms with Gasteiger partial charge in [-0.15, -0.1) is 0 Å². The van der Waals surface area contributed by atoms with Gasteiger partial charge in [0.15, 0.2) is 0 Å². The van der Waals surface area contributed by atoms with Crippen LogP contribution in [-0.4, -0.2) is 31.6 Å². The molecule has 4 aromatic rings. The van der Waals surface area contributed by atoms with Crippen LogP contribution in [0.1, 0.15) is 83.9 Å². The lowest BCUT2D eigenvalue weighted by Crippen LogP contribution is -2.46. The van der Waals surface area contributed by atoms with Crippen molar-refractivity contribution in [2.45, 2.75) is 77.5 Å². The van der Waals surface area contributed by atoms with E-state index in [-0.39, 0.29) is 18.0 Å². The van der Waals surface area contributed by atoms with Gasteiger partial charge in [-0.05, 0) is 93.3 Å². The predicted octanol–water partition coefficient (Wildman–Crippen LogP) is 8.15. The molecule has 0 radical (unpaired) electrons. The smallest absolute Gasteiger partial charge is 0.253 e. The van der Waals surface area contributed by atoms with Crippen molar-refractivity contribution in [1.82, 2.24) is 16.0 Å². The maximum Gasteiger partial charge on any atom is 0.253 e. The van der Waals surface area contributed by atoms with Crippen molar-refractivity contribution >= 4 is 17.5 Å². The fourth-order valence-electron chi connectivity index (χ4n) is 6.15. The Morgan fingerprint density at radius 3 is 2.45 bits per heavy atom. The van der Waals surface area contributed by atoms with Gasteiger partial charge < -0.3 is 25.1 Å². The molecular weight excluding hydrogens is 608 g/mol. The maximum absolute atomic E-state index is 13.8. The summed E-state index contributed by atoms with van der Waals surface area (Å²) < 4.78 is 11.9. The molecule has 1 heterocycles. The van der Waals surface area contributed by atoms with Crippen LogP contribution in [0.4, 0.5) is 0 Å². The van der Waals surface area contributed by atoms with Crippen LogP contribution in [-0.2, 0) is 13.0 Å². The summed E-state index contributed by atoms with van der Waals surface area (Å²) in [5.74, 6) is 2.38. The molecular formula is C39H45ClN4O3. The van der Waals surface area contributed by atoms with E-state index in [4.69, 9.17) is 20.8 Å². The number of nitrogens with one attached hydrogen (secondary N) is 3. The lowest BCUT2D eigenvalue weighted by molar-refractivity contribution is 0.0935. The average Bonchev–Trinajstić information content (AvgIpc) is 3.56. The topological polar surface area (TPSA) is 99.3 Å². The molecule has 1 aliphatic rings. The van der Waals surface area contributed by atoms with E-state index < -0.39 is 0 Å². The average molecular weight is 653 g/mol. The van der Waals surface area contributed by atoms with Gasteiger partial charge in [-0.2, -0.15) is 5.26 Å². The highest BCUT2D eigenvalue weighted by atomic mass is 35.5. The minimum Gasteiger partial charge on any atom is -0.496 e. The van der Waals surface area contributed by atoms with E-state index in [0.29, 0.717) is 58.8 Å². The normalized spacial score (nSPS) is 17.4. The van der Waals surface area contributed by atoms with Gasteiger partial charge in [-0.25, -0.2) is 0 Å². The fourth-order valence-corrected chi connectivity index (χ4v) is 6.38. The largest absolute Gasteiger partial charge is 0.496 e. The van der Waals surface area contributed by atoms with Gasteiger partial charge in [0.2, 0.25) is 0 Å². The van der Waals surface area contributed by atoms with Crippen LogP contribution in [0.15, 0.2) is 77.2 Å². The Balaban J connectivity index is 1.31. The Hall–Kier alpha value is -4.09. The van der Waals surface area contributed by atoms with Crippen LogP contribution in [0.25, 0.3) is 11.3 Å². The second kappa shape index (κ2) is 16.1. The first-order chi connectivity index (χ1) is 22.7. The number of benzene rings is 3. The molecule has 1 aromatic heterocycles. The van der Waals surface area contributed by atoms with Crippen LogP contribution in [0.3, 0.4) is 0 Å². The van der Waals surface area contributed by atoms with Gasteiger partial charge in [0.25, 0.3) is 5.91 Å². The van der Waals surface area contributed by atoms with Gasteiger partial charge >= 0.3 is 0 Å². The Bertz CT molecular complexity index is 1670. The summed E-state index contributed by atoms with van der Waals surface area (Å²) in [5, 5.41) is 20.0. The van der Waals surface area contributed by atoms with Gasteiger partial charge in [-0.3, -0.25) is 4.79 Å². The lowest BCUT2D eigenvalue weighted by atomic mass is 9.87. The molecule has 0 spiro atoms. The van der Waals surface area contributed by atoms with Crippen LogP contribution in [0.5, 0.6) is 5.75 Å². The van der Waals surface area contributed by atoms with Crippen molar-refractivity contribution in [2.24, 2.45) is 5.92 Å². The van der Waals surface area contributed by atoms with Crippen molar-refractivity contribution in [1.29, 1.82) is 5.26 Å². The third kappa shape index (κ3) is 9.26. The second-order valence-electron chi connectivity index (χ2n) is 12.9. The monoisotopic (exact) mass is 652 g/mol. The third-order valence-corrected chi connectivity index (χ3v) is 9.50. The lowest BCUT2D eigenvalue weighted by Gasteiger charge is -2.29. The Morgan fingerprint density at radius 2 is 1.77 bits per heavy atom. The molecule has 1 aliphatic carbocycles. The van der Waals surface area contributed by atoms with Crippen molar-refractivity contribution in [3.63, 3.8) is 0 Å². The van der Waals surface area contributed by atoms with Gasteiger partial charge in [-0.1, -0.05) is 60.5 Å². The Labute approximate surface area is 283 Å². The number of nitriles is 1. The molecule has 7 nitrogen and oxygen atoms in total. The van der Waals surface area contributed by atoms with E-state index in [1.807, 2.05) is 36.4 Å². The van der Waals surface area contributed by atoms with E-state index in [1.165, 1.54) is 24.0 Å². The minimum atomic E-state index is -0.267. The highest BCUT2D eigenvalue weighted by Gasteiger charge is 2.23. The number of carbonyl (C=O) groups excluding carboxylic acids is 1. The number of halogens is 1. The maximum atomic E-state index is 13.8. The Morgan fingerprint density at radius 1 is 1.04 bits per heavy atom. The second-order valence-corrected chi connectivity index (χ2v) is 13.3. The van der Waals surface area contributed by atoms with Crippen LogP contribution in [0.2, 0.25) is 5.02 Å².